The van der Waals surface area contributed by atoms with E-state index < -0.39 is 0 Å². The first-order chi connectivity index (χ1) is 9.22. The van der Waals surface area contributed by atoms with Crippen molar-refractivity contribution in [1.29, 1.82) is 0 Å². The lowest BCUT2D eigenvalue weighted by Crippen LogP contribution is -2.40. The van der Waals surface area contributed by atoms with Crippen molar-refractivity contribution in [1.82, 2.24) is 10.2 Å². The minimum Gasteiger partial charge on any atom is -0.320 e. The fourth-order valence-corrected chi connectivity index (χ4v) is 3.19. The molecule has 0 spiro atoms. The number of likely N-dealkylation sites (tertiary alicyclic amines) is 1. The molecule has 2 rings (SSSR count). The second-order valence-electron chi connectivity index (χ2n) is 5.23. The zero-order valence-electron chi connectivity index (χ0n) is 11.5. The van der Waals surface area contributed by atoms with Crippen LogP contribution in [0.25, 0.3) is 0 Å². The van der Waals surface area contributed by atoms with Crippen LogP contribution < -0.4 is 5.32 Å². The van der Waals surface area contributed by atoms with Gasteiger partial charge >= 0.3 is 0 Å². The number of hydrogen-bond donors (Lipinski definition) is 1. The first-order valence-corrected chi connectivity index (χ1v) is 7.83. The van der Waals surface area contributed by atoms with Gasteiger partial charge in [0.05, 0.1) is 4.47 Å². The highest BCUT2D eigenvalue weighted by atomic mass is 79.9. The fraction of sp³-hybridized carbons (Fsp3) is 0.600. The second kappa shape index (κ2) is 7.36. The Balaban J connectivity index is 2.04. The first kappa shape index (κ1) is 14.9. The molecule has 1 aromatic rings. The lowest BCUT2D eigenvalue weighted by atomic mass is 9.98. The van der Waals surface area contributed by atoms with Crippen molar-refractivity contribution in [3.63, 3.8) is 0 Å². The maximum absolute atomic E-state index is 13.6. The Hall–Kier alpha value is -0.450. The third-order valence-electron chi connectivity index (χ3n) is 3.88. The highest BCUT2D eigenvalue weighted by Gasteiger charge is 2.22. The number of nitrogens with one attached hydrogen (secondary N) is 1. The van der Waals surface area contributed by atoms with E-state index in [1.807, 2.05) is 13.1 Å². The molecule has 0 saturated carbocycles. The van der Waals surface area contributed by atoms with Gasteiger partial charge < -0.3 is 5.32 Å². The normalized spacial score (nSPS) is 20.7. The van der Waals surface area contributed by atoms with Gasteiger partial charge in [0, 0.05) is 12.6 Å². The quantitative estimate of drug-likeness (QED) is 0.889. The molecule has 1 unspecified atom stereocenters. The zero-order chi connectivity index (χ0) is 13.7. The Morgan fingerprint density at radius 1 is 1.42 bits per heavy atom. The monoisotopic (exact) mass is 328 g/mol. The van der Waals surface area contributed by atoms with Crippen LogP contribution in [0.15, 0.2) is 22.7 Å². The van der Waals surface area contributed by atoms with Crippen molar-refractivity contribution >= 4 is 15.9 Å². The van der Waals surface area contributed by atoms with E-state index in [-0.39, 0.29) is 5.82 Å². The van der Waals surface area contributed by atoms with Crippen molar-refractivity contribution < 1.29 is 4.39 Å². The van der Waals surface area contributed by atoms with E-state index in [2.05, 4.69) is 26.1 Å². The lowest BCUT2D eigenvalue weighted by Gasteiger charge is -2.36. The van der Waals surface area contributed by atoms with Crippen molar-refractivity contribution in [2.75, 3.05) is 20.1 Å². The van der Waals surface area contributed by atoms with Crippen molar-refractivity contribution in [2.45, 2.75) is 38.3 Å². The van der Waals surface area contributed by atoms with Gasteiger partial charge in [-0.15, -0.1) is 0 Å². The zero-order valence-corrected chi connectivity index (χ0v) is 13.0. The summed E-state index contributed by atoms with van der Waals surface area (Å²) in [5.41, 5.74) is 1.05. The van der Waals surface area contributed by atoms with E-state index >= 15 is 0 Å². The molecule has 1 heterocycles. The molecule has 1 aliphatic rings. The molecular formula is C15H22BrFN2. The largest absolute Gasteiger partial charge is 0.320 e. The molecule has 1 fully saturated rings. The van der Waals surface area contributed by atoms with Gasteiger partial charge in [-0.3, -0.25) is 4.90 Å². The topological polar surface area (TPSA) is 15.3 Å². The van der Waals surface area contributed by atoms with Crippen LogP contribution in [0.3, 0.4) is 0 Å². The Bertz CT molecular complexity index is 411. The predicted molar refractivity (Wildman–Crippen MR) is 80.7 cm³/mol. The molecule has 1 aromatic carbocycles. The van der Waals surface area contributed by atoms with E-state index in [9.17, 15) is 4.39 Å². The van der Waals surface area contributed by atoms with Gasteiger partial charge in [0.25, 0.3) is 0 Å². The first-order valence-electron chi connectivity index (χ1n) is 7.04. The molecule has 19 heavy (non-hydrogen) atoms. The molecule has 0 amide bonds. The Morgan fingerprint density at radius 3 is 3.05 bits per heavy atom. The smallest absolute Gasteiger partial charge is 0.137 e. The number of nitrogens with zero attached hydrogens (tertiary/aromatic N) is 1. The molecule has 0 bridgehead atoms. The van der Waals surface area contributed by atoms with E-state index in [0.717, 1.165) is 25.2 Å². The number of piperidine rings is 1. The molecule has 1 saturated heterocycles. The Morgan fingerprint density at radius 2 is 2.26 bits per heavy atom. The molecular weight excluding hydrogens is 307 g/mol. The van der Waals surface area contributed by atoms with Crippen molar-refractivity contribution in [2.24, 2.45) is 0 Å². The third kappa shape index (κ3) is 4.01. The molecule has 2 nitrogen and oxygen atoms in total. The minimum atomic E-state index is -0.165. The van der Waals surface area contributed by atoms with Crippen molar-refractivity contribution in [3.05, 3.63) is 34.1 Å². The molecule has 0 radical (unpaired) electrons. The van der Waals surface area contributed by atoms with Crippen LogP contribution >= 0.6 is 15.9 Å². The summed E-state index contributed by atoms with van der Waals surface area (Å²) in [4.78, 5) is 2.50. The van der Waals surface area contributed by atoms with Crippen LogP contribution in [0.5, 0.6) is 0 Å². The number of benzene rings is 1. The molecule has 1 atom stereocenters. The van der Waals surface area contributed by atoms with Gasteiger partial charge in [0.1, 0.15) is 5.82 Å². The maximum atomic E-state index is 13.6. The molecule has 106 valence electrons. The molecule has 4 heteroatoms. The van der Waals surface area contributed by atoms with Crippen molar-refractivity contribution in [3.8, 4) is 0 Å². The number of rotatable bonds is 5. The predicted octanol–water partition coefficient (Wildman–Crippen LogP) is 3.55. The highest BCUT2D eigenvalue weighted by molar-refractivity contribution is 9.10. The maximum Gasteiger partial charge on any atom is 0.137 e. The average molecular weight is 329 g/mol. The summed E-state index contributed by atoms with van der Waals surface area (Å²) in [6.07, 6.45) is 5.00. The summed E-state index contributed by atoms with van der Waals surface area (Å²) in [7, 11) is 2.00. The average Bonchev–Trinajstić information content (AvgIpc) is 2.43. The van der Waals surface area contributed by atoms with Gasteiger partial charge in [0.2, 0.25) is 0 Å². The Labute approximate surface area is 123 Å². The fourth-order valence-electron chi connectivity index (χ4n) is 2.80. The number of hydrogen-bond acceptors (Lipinski definition) is 2. The lowest BCUT2D eigenvalue weighted by molar-refractivity contribution is 0.132. The summed E-state index contributed by atoms with van der Waals surface area (Å²) in [5.74, 6) is -0.165. The number of halogens is 2. The summed E-state index contributed by atoms with van der Waals surface area (Å²) < 4.78 is 14.2. The van der Waals surface area contributed by atoms with E-state index in [1.165, 1.54) is 31.7 Å². The summed E-state index contributed by atoms with van der Waals surface area (Å²) in [5, 5.41) is 3.22. The summed E-state index contributed by atoms with van der Waals surface area (Å²) in [6, 6.07) is 5.93. The van der Waals surface area contributed by atoms with E-state index in [0.29, 0.717) is 10.5 Å². The van der Waals surface area contributed by atoms with Gasteiger partial charge in [-0.25, -0.2) is 4.39 Å². The SMILES string of the molecule is CNCCC1CCCCN1Cc1cccc(F)c1Br. The summed E-state index contributed by atoms with van der Waals surface area (Å²) in [6.45, 7) is 3.01. The van der Waals surface area contributed by atoms with Crippen LogP contribution in [0.2, 0.25) is 0 Å². The van der Waals surface area contributed by atoms with Gasteiger partial charge in [-0.1, -0.05) is 18.6 Å². The molecule has 1 aliphatic heterocycles. The van der Waals surface area contributed by atoms with Crippen LogP contribution in [-0.2, 0) is 6.54 Å². The third-order valence-corrected chi connectivity index (χ3v) is 4.77. The second-order valence-corrected chi connectivity index (χ2v) is 6.02. The van der Waals surface area contributed by atoms with Crippen LogP contribution in [0.1, 0.15) is 31.2 Å². The summed E-state index contributed by atoms with van der Waals surface area (Å²) >= 11 is 3.37. The molecule has 1 N–H and O–H groups in total. The Kier molecular flexibility index (Phi) is 5.79. The van der Waals surface area contributed by atoms with E-state index in [4.69, 9.17) is 0 Å². The van der Waals surface area contributed by atoms with Gasteiger partial charge in [0.15, 0.2) is 0 Å². The highest BCUT2D eigenvalue weighted by Crippen LogP contribution is 2.26. The minimum absolute atomic E-state index is 0.165. The van der Waals surface area contributed by atoms with Crippen LogP contribution in [0, 0.1) is 5.82 Å². The van der Waals surface area contributed by atoms with Gasteiger partial charge in [-0.05, 0) is 67.0 Å². The van der Waals surface area contributed by atoms with Crippen LogP contribution in [0.4, 0.5) is 4.39 Å². The van der Waals surface area contributed by atoms with Gasteiger partial charge in [-0.2, -0.15) is 0 Å². The van der Waals surface area contributed by atoms with Crippen LogP contribution in [-0.4, -0.2) is 31.1 Å². The molecule has 0 aromatic heterocycles. The molecule has 0 aliphatic carbocycles. The standard InChI is InChI=1S/C15H22BrFN2/c1-18-9-8-13-6-2-3-10-19(13)11-12-5-4-7-14(17)15(12)16/h4-5,7,13,18H,2-3,6,8-11H2,1H3. The van der Waals surface area contributed by atoms with E-state index in [1.54, 1.807) is 6.07 Å².